The minimum atomic E-state index is -0.227. The monoisotopic (exact) mass is 425 g/mol. The highest BCUT2D eigenvalue weighted by Crippen LogP contribution is 2.21. The fourth-order valence-electron chi connectivity index (χ4n) is 2.27. The van der Waals surface area contributed by atoms with Crippen molar-refractivity contribution in [1.29, 1.82) is 0 Å². The summed E-state index contributed by atoms with van der Waals surface area (Å²) in [5.41, 5.74) is 4.02. The fraction of sp³-hybridized carbons (Fsp3) is 0.0455. The number of rotatable bonds is 5. The number of hydrogen-bond donors (Lipinski definition) is 0. The molecule has 26 heavy (non-hydrogen) atoms. The Morgan fingerprint density at radius 2 is 1.58 bits per heavy atom. The molecule has 0 unspecified atom stereocenters. The molecule has 0 bridgehead atoms. The zero-order valence-corrected chi connectivity index (χ0v) is 16.6. The molecule has 0 spiro atoms. The van der Waals surface area contributed by atoms with E-state index in [1.165, 1.54) is 29.5 Å². The summed E-state index contributed by atoms with van der Waals surface area (Å²) in [5, 5.41) is 1.97. The Bertz CT molecular complexity index is 914. The van der Waals surface area contributed by atoms with E-state index in [9.17, 15) is 4.39 Å². The maximum absolute atomic E-state index is 13.0. The van der Waals surface area contributed by atoms with Crippen molar-refractivity contribution < 1.29 is 4.39 Å². The van der Waals surface area contributed by atoms with Gasteiger partial charge in [0.15, 0.2) is 0 Å². The van der Waals surface area contributed by atoms with Crippen LogP contribution in [0.2, 0.25) is 0 Å². The lowest BCUT2D eigenvalue weighted by atomic mass is 10.1. The van der Waals surface area contributed by atoms with Crippen LogP contribution in [-0.2, 0) is 0 Å². The summed E-state index contributed by atoms with van der Waals surface area (Å²) in [6, 6.07) is 22.6. The Balaban J connectivity index is 1.87. The third kappa shape index (κ3) is 5.41. The van der Waals surface area contributed by atoms with Gasteiger partial charge in [0.25, 0.3) is 0 Å². The van der Waals surface area contributed by atoms with Crippen molar-refractivity contribution in [3.8, 4) is 0 Å². The van der Waals surface area contributed by atoms with Crippen LogP contribution in [0.1, 0.15) is 11.1 Å². The van der Waals surface area contributed by atoms with Crippen LogP contribution in [0.15, 0.2) is 98.6 Å². The lowest BCUT2D eigenvalue weighted by Gasteiger charge is -2.04. The molecule has 0 amide bonds. The first kappa shape index (κ1) is 18.6. The predicted molar refractivity (Wildman–Crippen MR) is 113 cm³/mol. The minimum absolute atomic E-state index is 0.227. The Labute approximate surface area is 165 Å². The van der Waals surface area contributed by atoms with Gasteiger partial charge in [0.2, 0.25) is 0 Å². The van der Waals surface area contributed by atoms with Crippen molar-refractivity contribution in [2.24, 2.45) is 4.99 Å². The molecule has 4 heteroatoms. The highest BCUT2D eigenvalue weighted by atomic mass is 79.9. The molecule has 0 radical (unpaired) electrons. The highest BCUT2D eigenvalue weighted by Gasteiger charge is 2.02. The lowest BCUT2D eigenvalue weighted by Crippen LogP contribution is -1.95. The zero-order chi connectivity index (χ0) is 18.4. The Kier molecular flexibility index (Phi) is 6.42. The van der Waals surface area contributed by atoms with Crippen molar-refractivity contribution in [3.05, 3.63) is 106 Å². The smallest absolute Gasteiger partial charge is 0.123 e. The Morgan fingerprint density at radius 1 is 0.923 bits per heavy atom. The molecule has 0 saturated carbocycles. The second-order valence-corrected chi connectivity index (χ2v) is 7.61. The van der Waals surface area contributed by atoms with Gasteiger partial charge in [-0.2, -0.15) is 0 Å². The zero-order valence-electron chi connectivity index (χ0n) is 14.2. The maximum atomic E-state index is 13.0. The normalized spacial score (nSPS) is 11.9. The molecule has 0 fully saturated rings. The van der Waals surface area contributed by atoms with E-state index in [-0.39, 0.29) is 5.82 Å². The Morgan fingerprint density at radius 3 is 2.23 bits per heavy atom. The number of halogens is 2. The van der Waals surface area contributed by atoms with Crippen LogP contribution in [-0.4, -0.2) is 5.71 Å². The van der Waals surface area contributed by atoms with E-state index in [0.717, 1.165) is 26.3 Å². The molecular formula is C22H17BrFNS. The lowest BCUT2D eigenvalue weighted by molar-refractivity contribution is 0.626. The van der Waals surface area contributed by atoms with Gasteiger partial charge in [-0.3, -0.25) is 0 Å². The van der Waals surface area contributed by atoms with Crippen molar-refractivity contribution >= 4 is 39.1 Å². The van der Waals surface area contributed by atoms with Gasteiger partial charge < -0.3 is 0 Å². The second kappa shape index (κ2) is 8.97. The van der Waals surface area contributed by atoms with Crippen molar-refractivity contribution in [2.45, 2.75) is 11.8 Å². The van der Waals surface area contributed by atoms with E-state index < -0.39 is 0 Å². The molecule has 0 saturated heterocycles. The van der Waals surface area contributed by atoms with E-state index in [0.29, 0.717) is 0 Å². The van der Waals surface area contributed by atoms with Gasteiger partial charge >= 0.3 is 0 Å². The average Bonchev–Trinajstić information content (AvgIpc) is 2.65. The van der Waals surface area contributed by atoms with Gasteiger partial charge in [-0.1, -0.05) is 57.5 Å². The molecule has 0 atom stereocenters. The van der Waals surface area contributed by atoms with Crippen molar-refractivity contribution in [3.63, 3.8) is 0 Å². The molecule has 0 N–H and O–H groups in total. The number of hydrogen-bond acceptors (Lipinski definition) is 2. The minimum Gasteiger partial charge on any atom is -0.248 e. The third-order valence-electron chi connectivity index (χ3n) is 3.67. The molecule has 0 aliphatic rings. The molecule has 3 aromatic rings. The molecule has 130 valence electrons. The van der Waals surface area contributed by atoms with E-state index in [4.69, 9.17) is 4.99 Å². The quantitative estimate of drug-likeness (QED) is 0.308. The van der Waals surface area contributed by atoms with Crippen molar-refractivity contribution in [1.82, 2.24) is 0 Å². The number of benzene rings is 3. The van der Waals surface area contributed by atoms with Crippen LogP contribution in [0.5, 0.6) is 0 Å². The van der Waals surface area contributed by atoms with Gasteiger partial charge in [-0.25, -0.2) is 9.38 Å². The van der Waals surface area contributed by atoms with Gasteiger partial charge in [-0.05, 0) is 66.9 Å². The number of allylic oxidation sites excluding steroid dienone is 1. The molecular weight excluding hydrogens is 409 g/mol. The van der Waals surface area contributed by atoms with Crippen LogP contribution in [0.4, 0.5) is 10.1 Å². The summed E-state index contributed by atoms with van der Waals surface area (Å²) in [5.74, 6) is -0.227. The number of thioether (sulfide) groups is 1. The number of aliphatic imine (C=N–C) groups is 1. The predicted octanol–water partition coefficient (Wildman–Crippen LogP) is 7.32. The Hall–Kier alpha value is -2.17. The molecule has 0 aliphatic heterocycles. The first-order valence-electron chi connectivity index (χ1n) is 8.10. The second-order valence-electron chi connectivity index (χ2n) is 5.71. The molecule has 0 aromatic heterocycles. The molecule has 3 rings (SSSR count). The summed E-state index contributed by atoms with van der Waals surface area (Å²) >= 11 is 5.00. The summed E-state index contributed by atoms with van der Waals surface area (Å²) in [4.78, 5) is 5.77. The summed E-state index contributed by atoms with van der Waals surface area (Å²) in [7, 11) is 0. The molecule has 3 aromatic carbocycles. The fourth-order valence-corrected chi connectivity index (χ4v) is 3.18. The van der Waals surface area contributed by atoms with Crippen LogP contribution in [0, 0.1) is 12.7 Å². The SMILES string of the molecule is Cc1ccc(/N=C(/C=C/Sc2ccc(F)cc2)c2ccc(Br)cc2)cc1. The van der Waals surface area contributed by atoms with Gasteiger partial charge in [0, 0.05) is 14.9 Å². The largest absolute Gasteiger partial charge is 0.248 e. The number of aryl methyl sites for hydroxylation is 1. The van der Waals surface area contributed by atoms with E-state index in [1.807, 2.05) is 47.9 Å². The number of nitrogens with zero attached hydrogens (tertiary/aromatic N) is 1. The standard InChI is InChI=1S/C22H17BrFNS/c1-16-2-10-20(11-3-16)25-22(17-4-6-18(23)7-5-17)14-15-26-21-12-8-19(24)9-13-21/h2-15H,1H3/b15-14+,25-22-. The maximum Gasteiger partial charge on any atom is 0.123 e. The highest BCUT2D eigenvalue weighted by molar-refractivity contribution is 9.10. The summed E-state index contributed by atoms with van der Waals surface area (Å²) < 4.78 is 14.0. The van der Waals surface area contributed by atoms with Gasteiger partial charge in [0.1, 0.15) is 5.82 Å². The molecule has 1 nitrogen and oxygen atoms in total. The van der Waals surface area contributed by atoms with Gasteiger partial charge in [0.05, 0.1) is 11.4 Å². The van der Waals surface area contributed by atoms with Crippen LogP contribution >= 0.6 is 27.7 Å². The van der Waals surface area contributed by atoms with Crippen molar-refractivity contribution in [2.75, 3.05) is 0 Å². The van der Waals surface area contributed by atoms with Crippen LogP contribution in [0.25, 0.3) is 0 Å². The molecule has 0 heterocycles. The topological polar surface area (TPSA) is 12.4 Å². The van der Waals surface area contributed by atoms with E-state index in [2.05, 4.69) is 35.0 Å². The van der Waals surface area contributed by atoms with E-state index in [1.54, 1.807) is 12.1 Å². The first-order valence-corrected chi connectivity index (χ1v) is 9.77. The van der Waals surface area contributed by atoms with Crippen LogP contribution in [0.3, 0.4) is 0 Å². The van der Waals surface area contributed by atoms with E-state index >= 15 is 0 Å². The summed E-state index contributed by atoms with van der Waals surface area (Å²) in [6.07, 6.45) is 1.98. The average molecular weight is 426 g/mol. The first-order chi connectivity index (χ1) is 12.6. The van der Waals surface area contributed by atoms with Gasteiger partial charge in [-0.15, -0.1) is 0 Å². The molecule has 0 aliphatic carbocycles. The summed E-state index contributed by atoms with van der Waals surface area (Å²) in [6.45, 7) is 2.06. The van der Waals surface area contributed by atoms with Crippen LogP contribution < -0.4 is 0 Å². The third-order valence-corrected chi connectivity index (χ3v) is 5.01.